The molecular formula is C41H35ClN2O6. The van der Waals surface area contributed by atoms with Gasteiger partial charge in [0, 0.05) is 10.9 Å². The van der Waals surface area contributed by atoms with Gasteiger partial charge in [-0.05, 0) is 84.3 Å². The van der Waals surface area contributed by atoms with Crippen molar-refractivity contribution < 1.29 is 29.0 Å². The number of phenols is 1. The molecule has 252 valence electrons. The lowest BCUT2D eigenvalue weighted by Crippen LogP contribution is -2.53. The lowest BCUT2D eigenvalue weighted by atomic mass is 9.49. The highest BCUT2D eigenvalue weighted by Gasteiger charge is 2.70. The minimum atomic E-state index is -1.43. The topological polar surface area (TPSA) is 104 Å². The van der Waals surface area contributed by atoms with Crippen LogP contribution < -0.4 is 14.5 Å². The number of halogens is 1. The Morgan fingerprint density at radius 3 is 2.26 bits per heavy atom. The summed E-state index contributed by atoms with van der Waals surface area (Å²) in [5, 5.41) is 11.5. The molecule has 1 saturated carbocycles. The SMILES string of the molecule is CCc1ccc(N2C(=O)[C@H]3[C@H](CC=C4[C@H]3C[C@H]3C(=O)N(c5cccc(Cl)c5)C(=O)[C@@]3(c3ccccc3)[C@H]4c3ccc(OC)c(O)c3)C2=O)cc1. The lowest BCUT2D eigenvalue weighted by Gasteiger charge is -2.50. The van der Waals surface area contributed by atoms with E-state index in [1.807, 2.05) is 73.7 Å². The average molecular weight is 687 g/mol. The molecule has 0 spiro atoms. The van der Waals surface area contributed by atoms with Crippen LogP contribution in [0.15, 0.2) is 109 Å². The molecule has 4 aliphatic rings. The van der Waals surface area contributed by atoms with Gasteiger partial charge in [-0.25, -0.2) is 4.90 Å². The van der Waals surface area contributed by atoms with Crippen molar-refractivity contribution in [2.75, 3.05) is 16.9 Å². The van der Waals surface area contributed by atoms with Crippen LogP contribution in [0, 0.1) is 23.7 Å². The van der Waals surface area contributed by atoms with Crippen LogP contribution in [0.5, 0.6) is 11.5 Å². The summed E-state index contributed by atoms with van der Waals surface area (Å²) in [5.41, 5.74) is 2.62. The molecular weight excluding hydrogens is 652 g/mol. The molecule has 4 aromatic rings. The highest BCUT2D eigenvalue weighted by molar-refractivity contribution is 6.32. The first-order valence-electron chi connectivity index (χ1n) is 16.9. The molecule has 2 heterocycles. The van der Waals surface area contributed by atoms with Crippen molar-refractivity contribution in [2.45, 2.75) is 37.5 Å². The Hall–Kier alpha value is -5.21. The number of carbonyl (C=O) groups excluding carboxylic acids is 4. The number of phenolic OH excluding ortho intramolecular Hbond substituents is 1. The maximum atomic E-state index is 15.3. The maximum absolute atomic E-state index is 15.3. The van der Waals surface area contributed by atoms with Crippen molar-refractivity contribution in [1.82, 2.24) is 0 Å². The molecule has 8 rings (SSSR count). The van der Waals surface area contributed by atoms with E-state index in [2.05, 4.69) is 0 Å². The number of aromatic hydroxyl groups is 1. The van der Waals surface area contributed by atoms with Crippen molar-refractivity contribution in [3.05, 3.63) is 130 Å². The van der Waals surface area contributed by atoms with E-state index < -0.39 is 46.8 Å². The molecule has 0 bridgehead atoms. The van der Waals surface area contributed by atoms with E-state index in [0.717, 1.165) is 17.6 Å². The third kappa shape index (κ3) is 4.51. The van der Waals surface area contributed by atoms with Gasteiger partial charge in [0.05, 0.1) is 41.7 Å². The number of anilines is 2. The zero-order valence-corrected chi connectivity index (χ0v) is 28.3. The molecule has 6 atom stereocenters. The van der Waals surface area contributed by atoms with Crippen LogP contribution in [0.1, 0.15) is 42.4 Å². The minimum absolute atomic E-state index is 0.113. The van der Waals surface area contributed by atoms with Gasteiger partial charge in [-0.2, -0.15) is 0 Å². The Balaban J connectivity index is 1.34. The predicted molar refractivity (Wildman–Crippen MR) is 189 cm³/mol. The summed E-state index contributed by atoms with van der Waals surface area (Å²) >= 11 is 6.39. The largest absolute Gasteiger partial charge is 0.504 e. The average Bonchev–Trinajstić information content (AvgIpc) is 3.52. The second kappa shape index (κ2) is 12.0. The number of hydrogen-bond donors (Lipinski definition) is 1. The summed E-state index contributed by atoms with van der Waals surface area (Å²) in [7, 11) is 1.46. The zero-order valence-electron chi connectivity index (χ0n) is 27.6. The Bertz CT molecular complexity index is 2100. The van der Waals surface area contributed by atoms with E-state index >= 15 is 4.79 Å². The standard InChI is InChI=1S/C41H35ClN2O6/c1-3-23-12-15-27(16-13-23)43-37(46)30-18-17-29-31(35(30)39(43)48)22-32-38(47)44(28-11-7-10-26(42)21-28)40(49)41(32,25-8-5-4-6-9-25)36(29)24-14-19-34(50-2)33(45)20-24/h4-17,19-21,30-32,35-36,45H,3,18,22H2,1-2H3/t30-,31+,32-,35-,36-,41+/m0/s1. The summed E-state index contributed by atoms with van der Waals surface area (Å²) in [6.45, 7) is 2.04. The summed E-state index contributed by atoms with van der Waals surface area (Å²) in [5.74, 6) is -4.70. The van der Waals surface area contributed by atoms with Crippen molar-refractivity contribution in [3.8, 4) is 11.5 Å². The molecule has 0 unspecified atom stereocenters. The number of allylic oxidation sites excluding steroid dienone is 2. The van der Waals surface area contributed by atoms with E-state index in [0.29, 0.717) is 33.9 Å². The van der Waals surface area contributed by atoms with Crippen LogP contribution in [0.3, 0.4) is 0 Å². The van der Waals surface area contributed by atoms with E-state index in [-0.39, 0.29) is 29.7 Å². The van der Waals surface area contributed by atoms with Gasteiger partial charge in [0.15, 0.2) is 11.5 Å². The number of ether oxygens (including phenoxy) is 1. The highest BCUT2D eigenvalue weighted by Crippen LogP contribution is 2.64. The molecule has 4 amide bonds. The van der Waals surface area contributed by atoms with Crippen LogP contribution >= 0.6 is 11.6 Å². The second-order valence-electron chi connectivity index (χ2n) is 13.6. The van der Waals surface area contributed by atoms with Gasteiger partial charge in [-0.1, -0.05) is 84.8 Å². The number of nitrogens with zero attached hydrogens (tertiary/aromatic N) is 2. The van der Waals surface area contributed by atoms with Crippen molar-refractivity contribution in [1.29, 1.82) is 0 Å². The van der Waals surface area contributed by atoms with Gasteiger partial charge in [0.2, 0.25) is 23.6 Å². The van der Waals surface area contributed by atoms with Gasteiger partial charge in [0.1, 0.15) is 0 Å². The number of hydrogen-bond acceptors (Lipinski definition) is 6. The summed E-state index contributed by atoms with van der Waals surface area (Å²) in [4.78, 5) is 61.2. The van der Waals surface area contributed by atoms with E-state index in [4.69, 9.17) is 16.3 Å². The third-order valence-corrected chi connectivity index (χ3v) is 11.5. The van der Waals surface area contributed by atoms with Gasteiger partial charge in [0.25, 0.3) is 0 Å². The Labute approximate surface area is 294 Å². The minimum Gasteiger partial charge on any atom is -0.504 e. The van der Waals surface area contributed by atoms with Crippen molar-refractivity contribution >= 4 is 46.6 Å². The van der Waals surface area contributed by atoms with Crippen molar-refractivity contribution in [2.24, 2.45) is 23.7 Å². The summed E-state index contributed by atoms with van der Waals surface area (Å²) < 4.78 is 5.37. The number of methoxy groups -OCH3 is 1. The predicted octanol–water partition coefficient (Wildman–Crippen LogP) is 6.98. The maximum Gasteiger partial charge on any atom is 0.246 e. The fourth-order valence-electron chi connectivity index (χ4n) is 9.14. The van der Waals surface area contributed by atoms with Gasteiger partial charge < -0.3 is 9.84 Å². The second-order valence-corrected chi connectivity index (χ2v) is 14.0. The van der Waals surface area contributed by atoms with Crippen LogP contribution in [0.2, 0.25) is 5.02 Å². The Morgan fingerprint density at radius 1 is 0.820 bits per heavy atom. The third-order valence-electron chi connectivity index (χ3n) is 11.3. The van der Waals surface area contributed by atoms with Gasteiger partial charge >= 0.3 is 0 Å². The number of carbonyl (C=O) groups is 4. The zero-order chi connectivity index (χ0) is 34.9. The molecule has 8 nitrogen and oxygen atoms in total. The van der Waals surface area contributed by atoms with Crippen LogP contribution in [0.25, 0.3) is 0 Å². The van der Waals surface area contributed by atoms with Crippen molar-refractivity contribution in [3.63, 3.8) is 0 Å². The molecule has 0 aromatic heterocycles. The quantitative estimate of drug-likeness (QED) is 0.173. The number of imide groups is 2. The van der Waals surface area contributed by atoms with E-state index in [9.17, 15) is 19.5 Å². The van der Waals surface area contributed by atoms with Gasteiger partial charge in [-0.15, -0.1) is 0 Å². The smallest absolute Gasteiger partial charge is 0.246 e. The fraction of sp³-hybridized carbons (Fsp3) is 0.268. The summed E-state index contributed by atoms with van der Waals surface area (Å²) in [6.07, 6.45) is 3.32. The van der Waals surface area contributed by atoms with Gasteiger partial charge in [-0.3, -0.25) is 24.1 Å². The molecule has 1 N–H and O–H groups in total. The molecule has 4 aromatic carbocycles. The Morgan fingerprint density at radius 2 is 1.58 bits per heavy atom. The highest BCUT2D eigenvalue weighted by atomic mass is 35.5. The monoisotopic (exact) mass is 686 g/mol. The number of aryl methyl sites for hydroxylation is 1. The van der Waals surface area contributed by atoms with Crippen LogP contribution in [0.4, 0.5) is 11.4 Å². The molecule has 2 saturated heterocycles. The number of rotatable bonds is 6. The number of amides is 4. The van der Waals surface area contributed by atoms with Crippen LogP contribution in [-0.2, 0) is 31.0 Å². The first-order valence-corrected chi connectivity index (χ1v) is 17.3. The first-order chi connectivity index (χ1) is 24.2. The first kappa shape index (κ1) is 32.0. The van der Waals surface area contributed by atoms with E-state index in [1.165, 1.54) is 16.9 Å². The Kier molecular flexibility index (Phi) is 7.68. The molecule has 50 heavy (non-hydrogen) atoms. The molecule has 0 radical (unpaired) electrons. The van der Waals surface area contributed by atoms with Crippen LogP contribution in [-0.4, -0.2) is 35.8 Å². The molecule has 9 heteroatoms. The summed E-state index contributed by atoms with van der Waals surface area (Å²) in [6, 6.07) is 28.5. The fourth-order valence-corrected chi connectivity index (χ4v) is 9.33. The number of benzene rings is 4. The normalized spacial score (nSPS) is 27.2. The molecule has 3 fully saturated rings. The lowest BCUT2D eigenvalue weighted by molar-refractivity contribution is -0.127. The number of fused-ring (bicyclic) bond motifs is 4. The molecule has 2 aliphatic carbocycles. The van der Waals surface area contributed by atoms with E-state index in [1.54, 1.807) is 36.4 Å². The molecule has 2 aliphatic heterocycles.